The minimum Gasteiger partial charge on any atom is -0.376 e. The molecule has 8 nitrogen and oxygen atoms in total. The van der Waals surface area contributed by atoms with Crippen molar-refractivity contribution in [1.82, 2.24) is 14.7 Å². The second-order valence-corrected chi connectivity index (χ2v) is 8.74. The van der Waals surface area contributed by atoms with Crippen LogP contribution in [0.3, 0.4) is 0 Å². The molecule has 1 fully saturated rings. The Hall–Kier alpha value is -3.49. The molecule has 34 heavy (non-hydrogen) atoms. The van der Waals surface area contributed by atoms with Gasteiger partial charge in [0.25, 0.3) is 17.2 Å². The highest BCUT2D eigenvalue weighted by molar-refractivity contribution is 6.44. The molecule has 4 heterocycles. The van der Waals surface area contributed by atoms with Gasteiger partial charge in [-0.1, -0.05) is 30.7 Å². The summed E-state index contributed by atoms with van der Waals surface area (Å²) in [5.41, 5.74) is 1.14. The van der Waals surface area contributed by atoms with Crippen LogP contribution in [0.15, 0.2) is 59.7 Å². The van der Waals surface area contributed by atoms with Crippen LogP contribution in [-0.4, -0.2) is 45.8 Å². The molecule has 1 aromatic carbocycles. The number of imide groups is 1. The van der Waals surface area contributed by atoms with Gasteiger partial charge in [-0.2, -0.15) is 4.57 Å². The number of aryl methyl sites for hydroxylation is 1. The van der Waals surface area contributed by atoms with Crippen LogP contribution in [0.2, 0.25) is 5.02 Å². The average molecular weight is 480 g/mol. The standard InChI is InChI=1S/C25H23ClN4O4/c1-2-19-20(24(32)30(27-19)17-9-6-8-16(26)14-17)21-22(28-11-4-3-5-12-28)25(33)29(23(21)31)15-18-10-7-13-34-18/h3-6,8-9,11-12,14,18H,2,7,10,13,15H2,1H3/p+1. The average Bonchev–Trinajstić information content (AvgIpc) is 3.53. The van der Waals surface area contributed by atoms with Gasteiger partial charge in [-0.3, -0.25) is 24.4 Å². The van der Waals surface area contributed by atoms with Gasteiger partial charge in [0.1, 0.15) is 5.57 Å². The minimum absolute atomic E-state index is 0.0954. The van der Waals surface area contributed by atoms with Gasteiger partial charge in [-0.15, -0.1) is 0 Å². The lowest BCUT2D eigenvalue weighted by Crippen LogP contribution is -2.42. The number of hydrogen-bond acceptors (Lipinski definition) is 4. The summed E-state index contributed by atoms with van der Waals surface area (Å²) in [4.78, 5) is 42.1. The Bertz CT molecular complexity index is 1350. The second-order valence-electron chi connectivity index (χ2n) is 8.30. The molecular weight excluding hydrogens is 456 g/mol. The van der Waals surface area contributed by atoms with Crippen LogP contribution < -0.4 is 10.1 Å². The lowest BCUT2D eigenvalue weighted by atomic mass is 10.0. The van der Waals surface area contributed by atoms with E-state index in [1.807, 2.05) is 13.0 Å². The number of H-pyrrole nitrogens is 1. The van der Waals surface area contributed by atoms with Crippen molar-refractivity contribution in [2.45, 2.75) is 32.3 Å². The summed E-state index contributed by atoms with van der Waals surface area (Å²) in [6.45, 7) is 2.66. The van der Waals surface area contributed by atoms with E-state index in [-0.39, 0.29) is 29.5 Å². The zero-order valence-electron chi connectivity index (χ0n) is 18.7. The van der Waals surface area contributed by atoms with Crippen LogP contribution in [0.1, 0.15) is 31.0 Å². The molecule has 174 valence electrons. The Morgan fingerprint density at radius 1 is 1.12 bits per heavy atom. The first-order valence-corrected chi connectivity index (χ1v) is 11.7. The van der Waals surface area contributed by atoms with Gasteiger partial charge >= 0.3 is 5.91 Å². The number of pyridine rings is 1. The van der Waals surface area contributed by atoms with E-state index in [1.165, 1.54) is 9.58 Å². The maximum Gasteiger partial charge on any atom is 0.327 e. The number of amides is 2. The number of carbonyl (C=O) groups is 2. The highest BCUT2D eigenvalue weighted by Gasteiger charge is 2.48. The molecule has 0 bridgehead atoms. The van der Waals surface area contributed by atoms with Crippen molar-refractivity contribution in [3.05, 3.63) is 81.5 Å². The molecular formula is C25H24ClN4O4+. The van der Waals surface area contributed by atoms with Crippen LogP contribution in [0.4, 0.5) is 0 Å². The Morgan fingerprint density at radius 3 is 2.59 bits per heavy atom. The fourth-order valence-corrected chi connectivity index (χ4v) is 4.71. The topological polar surface area (TPSA) is 88.3 Å². The Balaban J connectivity index is 1.69. The quantitative estimate of drug-likeness (QED) is 0.435. The molecule has 5 rings (SSSR count). The maximum absolute atomic E-state index is 13.7. The van der Waals surface area contributed by atoms with Gasteiger partial charge in [0.05, 0.1) is 23.9 Å². The molecule has 9 heteroatoms. The molecule has 2 aliphatic rings. The molecule has 1 N–H and O–H groups in total. The van der Waals surface area contributed by atoms with Gasteiger partial charge in [0.15, 0.2) is 12.4 Å². The molecule has 2 aromatic heterocycles. The number of ether oxygens (including phenoxy) is 1. The summed E-state index contributed by atoms with van der Waals surface area (Å²) in [6, 6.07) is 12.2. The van der Waals surface area contributed by atoms with Crippen molar-refractivity contribution in [3.63, 3.8) is 0 Å². The number of benzene rings is 1. The molecule has 1 saturated heterocycles. The van der Waals surface area contributed by atoms with Gasteiger partial charge < -0.3 is 4.74 Å². The Kier molecular flexibility index (Phi) is 5.93. The smallest absolute Gasteiger partial charge is 0.327 e. The third-order valence-corrected chi connectivity index (χ3v) is 6.40. The normalized spacial score (nSPS) is 18.4. The van der Waals surface area contributed by atoms with Crippen LogP contribution in [0.25, 0.3) is 17.0 Å². The largest absolute Gasteiger partial charge is 0.376 e. The lowest BCUT2D eigenvalue weighted by Gasteiger charge is -2.18. The van der Waals surface area contributed by atoms with Gasteiger partial charge in [0.2, 0.25) is 0 Å². The summed E-state index contributed by atoms with van der Waals surface area (Å²) >= 11 is 6.14. The van der Waals surface area contributed by atoms with Crippen LogP contribution in [0.5, 0.6) is 0 Å². The van der Waals surface area contributed by atoms with E-state index in [2.05, 4.69) is 5.10 Å². The van der Waals surface area contributed by atoms with Crippen LogP contribution >= 0.6 is 11.6 Å². The monoisotopic (exact) mass is 479 g/mol. The minimum atomic E-state index is -0.490. The predicted molar refractivity (Wildman–Crippen MR) is 126 cm³/mol. The number of carbonyl (C=O) groups excluding carboxylic acids is 2. The molecule has 0 saturated carbocycles. The SMILES string of the molecule is CCc1[nH]n(-c2cccc(Cl)c2)c(=O)c1C1=C([n+]2ccccc2)C(=O)N(CC2CCCO2)C1=O. The van der Waals surface area contributed by atoms with Crippen molar-refractivity contribution in [3.8, 4) is 5.69 Å². The Morgan fingerprint density at radius 2 is 1.91 bits per heavy atom. The van der Waals surface area contributed by atoms with Crippen molar-refractivity contribution < 1.29 is 18.9 Å². The van der Waals surface area contributed by atoms with E-state index in [1.54, 1.807) is 53.4 Å². The molecule has 2 amide bonds. The molecule has 0 aliphatic carbocycles. The number of nitrogens with one attached hydrogen (secondary N) is 1. The van der Waals surface area contributed by atoms with E-state index in [9.17, 15) is 14.4 Å². The van der Waals surface area contributed by atoms with Crippen molar-refractivity contribution >= 4 is 34.7 Å². The molecule has 1 atom stereocenters. The van der Waals surface area contributed by atoms with E-state index >= 15 is 0 Å². The second kappa shape index (κ2) is 9.04. The molecule has 0 spiro atoms. The van der Waals surface area contributed by atoms with Gasteiger partial charge in [-0.25, -0.2) is 4.68 Å². The van der Waals surface area contributed by atoms with Crippen molar-refractivity contribution in [2.24, 2.45) is 0 Å². The number of aromatic amines is 1. The van der Waals surface area contributed by atoms with E-state index in [0.717, 1.165) is 12.8 Å². The molecule has 3 aromatic rings. The first kappa shape index (κ1) is 22.3. The first-order valence-electron chi connectivity index (χ1n) is 11.3. The first-order chi connectivity index (χ1) is 16.5. The number of rotatable bonds is 6. The number of aromatic nitrogens is 3. The summed E-state index contributed by atoms with van der Waals surface area (Å²) in [6.07, 6.45) is 5.33. The highest BCUT2D eigenvalue weighted by Crippen LogP contribution is 2.31. The number of halogens is 1. The fraction of sp³-hybridized carbons (Fsp3) is 0.280. The third kappa shape index (κ3) is 3.78. The summed E-state index contributed by atoms with van der Waals surface area (Å²) in [7, 11) is 0. The van der Waals surface area contributed by atoms with Crippen LogP contribution in [0, 0.1) is 0 Å². The maximum atomic E-state index is 13.7. The molecule has 2 aliphatic heterocycles. The van der Waals surface area contributed by atoms with Crippen molar-refractivity contribution in [2.75, 3.05) is 13.2 Å². The zero-order chi connectivity index (χ0) is 23.8. The summed E-state index contributed by atoms with van der Waals surface area (Å²) in [5, 5.41) is 3.59. The van der Waals surface area contributed by atoms with Gasteiger partial charge in [0, 0.05) is 29.5 Å². The summed E-state index contributed by atoms with van der Waals surface area (Å²) < 4.78 is 8.64. The van der Waals surface area contributed by atoms with Gasteiger partial charge in [-0.05, 0) is 37.5 Å². The van der Waals surface area contributed by atoms with E-state index in [0.29, 0.717) is 29.4 Å². The van der Waals surface area contributed by atoms with Crippen LogP contribution in [-0.2, 0) is 20.7 Å². The molecule has 0 radical (unpaired) electrons. The predicted octanol–water partition coefficient (Wildman–Crippen LogP) is 2.59. The van der Waals surface area contributed by atoms with Crippen molar-refractivity contribution in [1.29, 1.82) is 0 Å². The third-order valence-electron chi connectivity index (χ3n) is 6.16. The lowest BCUT2D eigenvalue weighted by molar-refractivity contribution is -0.576. The number of hydrogen-bond donors (Lipinski definition) is 1. The fourth-order valence-electron chi connectivity index (χ4n) is 4.53. The van der Waals surface area contributed by atoms with E-state index < -0.39 is 17.4 Å². The number of nitrogens with zero attached hydrogens (tertiary/aromatic N) is 3. The van der Waals surface area contributed by atoms with E-state index in [4.69, 9.17) is 16.3 Å². The Labute approximate surface area is 201 Å². The zero-order valence-corrected chi connectivity index (χ0v) is 19.4. The summed E-state index contributed by atoms with van der Waals surface area (Å²) in [5.74, 6) is -0.931. The highest BCUT2D eigenvalue weighted by atomic mass is 35.5. The molecule has 1 unspecified atom stereocenters.